The first kappa shape index (κ1) is 22.6. The van der Waals surface area contributed by atoms with Crippen LogP contribution in [0.25, 0.3) is 22.3 Å². The molecule has 5 rings (SSSR count). The van der Waals surface area contributed by atoms with E-state index in [2.05, 4.69) is 19.8 Å². The summed E-state index contributed by atoms with van der Waals surface area (Å²) in [5.74, 6) is 1.37. The van der Waals surface area contributed by atoms with Gasteiger partial charge in [-0.3, -0.25) is 19.7 Å². The Bertz CT molecular complexity index is 1350. The number of primary amides is 1. The van der Waals surface area contributed by atoms with Crippen molar-refractivity contribution >= 4 is 32.5 Å². The lowest BCUT2D eigenvalue weighted by Crippen LogP contribution is -2.48. The number of carbonyl (C=O) groups excluding carboxylic acids is 1. The summed E-state index contributed by atoms with van der Waals surface area (Å²) in [6, 6.07) is 3.37. The molecule has 4 heterocycles. The molecular formula is C23H27N7O3S. The summed E-state index contributed by atoms with van der Waals surface area (Å²) in [5.41, 5.74) is 8.18. The van der Waals surface area contributed by atoms with Crippen molar-refractivity contribution < 1.29 is 13.2 Å². The predicted octanol–water partition coefficient (Wildman–Crippen LogP) is 1.23. The zero-order chi connectivity index (χ0) is 23.9. The third-order valence-electron chi connectivity index (χ3n) is 6.35. The number of hydrogen-bond acceptors (Lipinski definition) is 9. The largest absolute Gasteiger partial charge is 0.364 e. The third-order valence-corrected chi connectivity index (χ3v) is 7.28. The van der Waals surface area contributed by atoms with Crippen LogP contribution in [0.15, 0.2) is 30.7 Å². The van der Waals surface area contributed by atoms with E-state index in [1.54, 1.807) is 18.3 Å². The minimum absolute atomic E-state index is 0.159. The first-order chi connectivity index (χ1) is 16.3. The summed E-state index contributed by atoms with van der Waals surface area (Å²) in [4.78, 5) is 34.3. The molecule has 10 nitrogen and oxygen atoms in total. The number of anilines is 1. The Balaban J connectivity index is 1.52. The lowest BCUT2D eigenvalue weighted by atomic mass is 10.1. The lowest BCUT2D eigenvalue weighted by Gasteiger charge is -2.36. The maximum absolute atomic E-state index is 11.6. The molecule has 0 atom stereocenters. The predicted molar refractivity (Wildman–Crippen MR) is 129 cm³/mol. The van der Waals surface area contributed by atoms with E-state index in [1.807, 2.05) is 6.20 Å². The lowest BCUT2D eigenvalue weighted by molar-refractivity contribution is 0.0995. The molecule has 0 spiro atoms. The molecule has 3 aromatic rings. The minimum atomic E-state index is -2.99. The van der Waals surface area contributed by atoms with E-state index in [4.69, 9.17) is 15.7 Å². The first-order valence-corrected chi connectivity index (χ1v) is 13.4. The Kier molecular flexibility index (Phi) is 5.90. The SMILES string of the molecule is CS(=O)(=O)CCN1CCN(c2nc(-c3ccnc(C(N)=O)c3)nc3cncc(C4CC4)c23)CC1. The number of pyridine rings is 2. The van der Waals surface area contributed by atoms with E-state index in [0.29, 0.717) is 23.9 Å². The van der Waals surface area contributed by atoms with Gasteiger partial charge in [0.2, 0.25) is 0 Å². The molecule has 2 aliphatic rings. The summed E-state index contributed by atoms with van der Waals surface area (Å²) in [7, 11) is -2.99. The van der Waals surface area contributed by atoms with Crippen LogP contribution < -0.4 is 10.6 Å². The fourth-order valence-corrected chi connectivity index (χ4v) is 4.92. The van der Waals surface area contributed by atoms with Crippen molar-refractivity contribution in [2.75, 3.05) is 49.6 Å². The summed E-state index contributed by atoms with van der Waals surface area (Å²) in [6.45, 7) is 3.49. The van der Waals surface area contributed by atoms with Crippen molar-refractivity contribution in [3.05, 3.63) is 42.0 Å². The maximum Gasteiger partial charge on any atom is 0.267 e. The van der Waals surface area contributed by atoms with Gasteiger partial charge >= 0.3 is 0 Å². The van der Waals surface area contributed by atoms with Crippen LogP contribution in [0, 0.1) is 0 Å². The van der Waals surface area contributed by atoms with Gasteiger partial charge in [-0.25, -0.2) is 18.4 Å². The number of fused-ring (bicyclic) bond motifs is 1. The van der Waals surface area contributed by atoms with Crippen LogP contribution in [0.5, 0.6) is 0 Å². The average Bonchev–Trinajstić information content (AvgIpc) is 3.67. The normalized spacial score (nSPS) is 17.3. The number of nitrogens with zero attached hydrogens (tertiary/aromatic N) is 6. The highest BCUT2D eigenvalue weighted by Gasteiger charge is 2.30. The van der Waals surface area contributed by atoms with Crippen LogP contribution in [-0.2, 0) is 9.84 Å². The second-order valence-corrected chi connectivity index (χ2v) is 11.3. The summed E-state index contributed by atoms with van der Waals surface area (Å²) >= 11 is 0. The smallest absolute Gasteiger partial charge is 0.267 e. The zero-order valence-electron chi connectivity index (χ0n) is 19.0. The molecule has 0 unspecified atom stereocenters. The van der Waals surface area contributed by atoms with Gasteiger partial charge < -0.3 is 10.6 Å². The number of amides is 1. The molecule has 1 saturated carbocycles. The molecule has 1 saturated heterocycles. The number of sulfone groups is 1. The van der Waals surface area contributed by atoms with Gasteiger partial charge in [0.25, 0.3) is 5.91 Å². The van der Waals surface area contributed by atoms with Crippen molar-refractivity contribution in [2.24, 2.45) is 5.73 Å². The van der Waals surface area contributed by atoms with Gasteiger partial charge in [-0.2, -0.15) is 0 Å². The Labute approximate surface area is 198 Å². The molecule has 0 aromatic carbocycles. The van der Waals surface area contributed by atoms with Crippen molar-refractivity contribution in [2.45, 2.75) is 18.8 Å². The molecule has 1 amide bonds. The second-order valence-electron chi connectivity index (χ2n) is 9.02. The third kappa shape index (κ3) is 4.85. The van der Waals surface area contributed by atoms with Crippen LogP contribution in [0.4, 0.5) is 5.82 Å². The van der Waals surface area contributed by atoms with Crippen molar-refractivity contribution in [1.82, 2.24) is 24.8 Å². The van der Waals surface area contributed by atoms with Crippen molar-refractivity contribution in [3.63, 3.8) is 0 Å². The van der Waals surface area contributed by atoms with E-state index in [0.717, 1.165) is 55.7 Å². The molecule has 0 bridgehead atoms. The molecule has 11 heteroatoms. The monoisotopic (exact) mass is 481 g/mol. The van der Waals surface area contributed by atoms with E-state index in [1.165, 1.54) is 18.0 Å². The topological polar surface area (TPSA) is 135 Å². The van der Waals surface area contributed by atoms with E-state index in [9.17, 15) is 13.2 Å². The summed E-state index contributed by atoms with van der Waals surface area (Å²) < 4.78 is 23.1. The first-order valence-electron chi connectivity index (χ1n) is 11.4. The number of rotatable bonds is 7. The molecule has 178 valence electrons. The molecule has 1 aliphatic carbocycles. The number of hydrogen-bond donors (Lipinski definition) is 1. The molecular weight excluding hydrogens is 454 g/mol. The molecule has 1 aliphatic heterocycles. The Morgan fingerprint density at radius 3 is 2.59 bits per heavy atom. The number of piperazine rings is 1. The van der Waals surface area contributed by atoms with Crippen molar-refractivity contribution in [1.29, 1.82) is 0 Å². The number of aromatic nitrogens is 4. The van der Waals surface area contributed by atoms with Gasteiger partial charge in [-0.1, -0.05) is 0 Å². The van der Waals surface area contributed by atoms with E-state index >= 15 is 0 Å². The quantitative estimate of drug-likeness (QED) is 0.528. The second kappa shape index (κ2) is 8.88. The van der Waals surface area contributed by atoms with E-state index in [-0.39, 0.29) is 11.4 Å². The van der Waals surface area contributed by atoms with Gasteiger partial charge in [-0.15, -0.1) is 0 Å². The fourth-order valence-electron chi connectivity index (χ4n) is 4.33. The molecule has 2 N–H and O–H groups in total. The highest BCUT2D eigenvalue weighted by molar-refractivity contribution is 7.90. The molecule has 34 heavy (non-hydrogen) atoms. The number of nitrogens with two attached hydrogens (primary N) is 1. The van der Waals surface area contributed by atoms with Gasteiger partial charge in [0.1, 0.15) is 21.3 Å². The van der Waals surface area contributed by atoms with Crippen LogP contribution in [-0.4, -0.2) is 83.9 Å². The standard InChI is InChI=1S/C23H27N7O3S/c1-34(32,33)11-10-29-6-8-30(9-7-29)23-20-17(15-2-3-15)13-25-14-19(20)27-22(28-23)16-4-5-26-18(12-16)21(24)31/h4-5,12-15H,2-3,6-11H2,1H3,(H2,24,31). The summed E-state index contributed by atoms with van der Waals surface area (Å²) in [5, 5.41) is 1.02. The zero-order valence-corrected chi connectivity index (χ0v) is 19.8. The van der Waals surface area contributed by atoms with Crippen molar-refractivity contribution in [3.8, 4) is 11.4 Å². The van der Waals surface area contributed by atoms with Crippen LogP contribution in [0.3, 0.4) is 0 Å². The van der Waals surface area contributed by atoms with Crippen LogP contribution in [0.1, 0.15) is 34.8 Å². The van der Waals surface area contributed by atoms with Crippen LogP contribution in [0.2, 0.25) is 0 Å². The highest BCUT2D eigenvalue weighted by atomic mass is 32.2. The molecule has 0 radical (unpaired) electrons. The highest BCUT2D eigenvalue weighted by Crippen LogP contribution is 2.44. The Hall–Kier alpha value is -3.18. The van der Waals surface area contributed by atoms with Crippen LogP contribution >= 0.6 is 0 Å². The molecule has 2 fully saturated rings. The Morgan fingerprint density at radius 2 is 1.91 bits per heavy atom. The van der Waals surface area contributed by atoms with Gasteiger partial charge in [0, 0.05) is 62.3 Å². The average molecular weight is 482 g/mol. The fraction of sp³-hybridized carbons (Fsp3) is 0.435. The van der Waals surface area contributed by atoms with E-state index < -0.39 is 15.7 Å². The van der Waals surface area contributed by atoms with Gasteiger partial charge in [0.05, 0.1) is 17.5 Å². The Morgan fingerprint density at radius 1 is 1.15 bits per heavy atom. The maximum atomic E-state index is 11.6. The van der Waals surface area contributed by atoms with Gasteiger partial charge in [-0.05, 0) is 36.5 Å². The summed E-state index contributed by atoms with van der Waals surface area (Å²) in [6.07, 6.45) is 8.75. The van der Waals surface area contributed by atoms with Gasteiger partial charge in [0.15, 0.2) is 5.82 Å². The minimum Gasteiger partial charge on any atom is -0.364 e. The molecule has 3 aromatic heterocycles. The number of carbonyl (C=O) groups is 1.